The molecular weight excluding hydrogens is 191 g/mol. The fraction of sp³-hybridized carbons (Fsp3) is 0.400. The number of nitrogen functional groups attached to an aromatic ring is 1. The van der Waals surface area contributed by atoms with Gasteiger partial charge in [-0.25, -0.2) is 0 Å². The Balaban J connectivity index is 2.97. The van der Waals surface area contributed by atoms with Crippen LogP contribution in [0.5, 0.6) is 0 Å². The van der Waals surface area contributed by atoms with Gasteiger partial charge in [-0.05, 0) is 29.7 Å². The van der Waals surface area contributed by atoms with Crippen LogP contribution in [0.25, 0.3) is 0 Å². The molecule has 0 aromatic heterocycles. The number of benzene rings is 1. The van der Waals surface area contributed by atoms with Crippen LogP contribution in [-0.4, -0.2) is 6.18 Å². The second kappa shape index (κ2) is 3.90. The highest BCUT2D eigenvalue weighted by Crippen LogP contribution is 2.24. The highest BCUT2D eigenvalue weighted by atomic mass is 19.4. The Morgan fingerprint density at radius 1 is 1.21 bits per heavy atom. The number of nitrogens with two attached hydrogens (primary N) is 1. The summed E-state index contributed by atoms with van der Waals surface area (Å²) < 4.78 is 36.4. The molecule has 0 spiro atoms. The van der Waals surface area contributed by atoms with Gasteiger partial charge in [0.25, 0.3) is 0 Å². The van der Waals surface area contributed by atoms with E-state index in [-0.39, 0.29) is 0 Å². The van der Waals surface area contributed by atoms with Gasteiger partial charge in [-0.3, -0.25) is 0 Å². The summed E-state index contributed by atoms with van der Waals surface area (Å²) in [6.45, 7) is 1.81. The summed E-state index contributed by atoms with van der Waals surface area (Å²) in [5.74, 6) is 0. The molecule has 14 heavy (non-hydrogen) atoms. The van der Waals surface area contributed by atoms with Crippen LogP contribution in [0.2, 0.25) is 0 Å². The Labute approximate surface area is 80.7 Å². The lowest BCUT2D eigenvalue weighted by Gasteiger charge is -2.11. The third-order valence-corrected chi connectivity index (χ3v) is 2.00. The third-order valence-electron chi connectivity index (χ3n) is 2.00. The Morgan fingerprint density at radius 2 is 1.86 bits per heavy atom. The first kappa shape index (κ1) is 10.9. The third kappa shape index (κ3) is 2.94. The molecule has 0 aliphatic heterocycles. The van der Waals surface area contributed by atoms with Crippen molar-refractivity contribution < 1.29 is 13.2 Å². The minimum atomic E-state index is -4.15. The predicted molar refractivity (Wildman–Crippen MR) is 50.0 cm³/mol. The highest BCUT2D eigenvalue weighted by molar-refractivity contribution is 5.45. The SMILES string of the molecule is CCc1cc(N)ccc1CC(F)(F)F. The number of halogens is 3. The Hall–Kier alpha value is -1.19. The zero-order valence-electron chi connectivity index (χ0n) is 7.86. The molecule has 0 fully saturated rings. The van der Waals surface area contributed by atoms with E-state index in [1.54, 1.807) is 6.07 Å². The lowest BCUT2D eigenvalue weighted by atomic mass is 10.0. The normalized spacial score (nSPS) is 11.7. The van der Waals surface area contributed by atoms with Crippen LogP contribution < -0.4 is 5.73 Å². The van der Waals surface area contributed by atoms with Gasteiger partial charge in [0.15, 0.2) is 0 Å². The molecule has 1 aromatic rings. The Morgan fingerprint density at radius 3 is 2.36 bits per heavy atom. The molecule has 1 aromatic carbocycles. The van der Waals surface area contributed by atoms with Crippen molar-refractivity contribution in [1.82, 2.24) is 0 Å². The summed E-state index contributed by atoms with van der Waals surface area (Å²) >= 11 is 0. The molecule has 0 unspecified atom stereocenters. The molecule has 1 rings (SSSR count). The van der Waals surface area contributed by atoms with Crippen molar-refractivity contribution in [3.63, 3.8) is 0 Å². The molecule has 0 aliphatic carbocycles. The Bertz CT molecular complexity index is 318. The summed E-state index contributed by atoms with van der Waals surface area (Å²) in [4.78, 5) is 0. The second-order valence-electron chi connectivity index (χ2n) is 3.17. The van der Waals surface area contributed by atoms with Crippen LogP contribution in [0.4, 0.5) is 18.9 Å². The highest BCUT2D eigenvalue weighted by Gasteiger charge is 2.28. The van der Waals surface area contributed by atoms with Crippen molar-refractivity contribution in [2.75, 3.05) is 5.73 Å². The van der Waals surface area contributed by atoms with E-state index < -0.39 is 12.6 Å². The fourth-order valence-electron chi connectivity index (χ4n) is 1.36. The zero-order valence-corrected chi connectivity index (χ0v) is 7.86. The van der Waals surface area contributed by atoms with Crippen molar-refractivity contribution in [3.05, 3.63) is 29.3 Å². The number of hydrogen-bond acceptors (Lipinski definition) is 1. The maximum atomic E-state index is 12.1. The summed E-state index contributed by atoms with van der Waals surface area (Å²) in [6, 6.07) is 4.54. The lowest BCUT2D eigenvalue weighted by molar-refractivity contribution is -0.127. The van der Waals surface area contributed by atoms with Gasteiger partial charge in [0.05, 0.1) is 6.42 Å². The molecular formula is C10H12F3N. The maximum Gasteiger partial charge on any atom is 0.393 e. The quantitative estimate of drug-likeness (QED) is 0.735. The van der Waals surface area contributed by atoms with Crippen molar-refractivity contribution >= 4 is 5.69 Å². The van der Waals surface area contributed by atoms with E-state index in [0.717, 1.165) is 0 Å². The van der Waals surface area contributed by atoms with Gasteiger partial charge in [-0.2, -0.15) is 13.2 Å². The number of rotatable bonds is 2. The Kier molecular flexibility index (Phi) is 3.03. The van der Waals surface area contributed by atoms with E-state index >= 15 is 0 Å². The first-order valence-corrected chi connectivity index (χ1v) is 4.36. The standard InChI is InChI=1S/C10H12F3N/c1-2-7-5-9(14)4-3-8(7)6-10(11,12)13/h3-5H,2,6,14H2,1H3. The van der Waals surface area contributed by atoms with Gasteiger partial charge in [0.2, 0.25) is 0 Å². The summed E-state index contributed by atoms with van der Waals surface area (Å²) in [6.07, 6.45) is -4.47. The van der Waals surface area contributed by atoms with Crippen LogP contribution in [-0.2, 0) is 12.8 Å². The number of aryl methyl sites for hydroxylation is 1. The van der Waals surface area contributed by atoms with Gasteiger partial charge >= 0.3 is 6.18 Å². The average molecular weight is 203 g/mol. The number of hydrogen-bond donors (Lipinski definition) is 1. The number of alkyl halides is 3. The summed E-state index contributed by atoms with van der Waals surface area (Å²) in [5.41, 5.74) is 6.98. The average Bonchev–Trinajstić information content (AvgIpc) is 2.06. The fourth-order valence-corrected chi connectivity index (χ4v) is 1.36. The minimum absolute atomic E-state index is 0.314. The summed E-state index contributed by atoms with van der Waals surface area (Å²) in [5, 5.41) is 0. The van der Waals surface area contributed by atoms with Crippen LogP contribution in [0.1, 0.15) is 18.1 Å². The van der Waals surface area contributed by atoms with E-state index in [9.17, 15) is 13.2 Å². The van der Waals surface area contributed by atoms with Crippen LogP contribution >= 0.6 is 0 Å². The van der Waals surface area contributed by atoms with E-state index in [1.165, 1.54) is 12.1 Å². The van der Waals surface area contributed by atoms with E-state index in [1.807, 2.05) is 6.92 Å². The van der Waals surface area contributed by atoms with Gasteiger partial charge in [-0.1, -0.05) is 13.0 Å². The monoisotopic (exact) mass is 203 g/mol. The maximum absolute atomic E-state index is 12.1. The minimum Gasteiger partial charge on any atom is -0.399 e. The smallest absolute Gasteiger partial charge is 0.393 e. The molecule has 4 heteroatoms. The lowest BCUT2D eigenvalue weighted by Crippen LogP contribution is -2.13. The van der Waals surface area contributed by atoms with E-state index in [0.29, 0.717) is 23.2 Å². The van der Waals surface area contributed by atoms with Crippen molar-refractivity contribution in [2.24, 2.45) is 0 Å². The molecule has 0 saturated heterocycles. The van der Waals surface area contributed by atoms with Crippen LogP contribution in [0.15, 0.2) is 18.2 Å². The molecule has 0 bridgehead atoms. The molecule has 0 heterocycles. The number of anilines is 1. The first-order chi connectivity index (χ1) is 6.42. The predicted octanol–water partition coefficient (Wildman–Crippen LogP) is 2.94. The van der Waals surface area contributed by atoms with Crippen LogP contribution in [0, 0.1) is 0 Å². The van der Waals surface area contributed by atoms with E-state index in [4.69, 9.17) is 5.73 Å². The largest absolute Gasteiger partial charge is 0.399 e. The van der Waals surface area contributed by atoms with Gasteiger partial charge in [-0.15, -0.1) is 0 Å². The van der Waals surface area contributed by atoms with Crippen molar-refractivity contribution in [1.29, 1.82) is 0 Å². The molecule has 0 radical (unpaired) electrons. The van der Waals surface area contributed by atoms with E-state index in [2.05, 4.69) is 0 Å². The molecule has 78 valence electrons. The molecule has 0 amide bonds. The van der Waals surface area contributed by atoms with Gasteiger partial charge in [0, 0.05) is 5.69 Å². The summed E-state index contributed by atoms with van der Waals surface area (Å²) in [7, 11) is 0. The van der Waals surface area contributed by atoms with Crippen LogP contribution in [0.3, 0.4) is 0 Å². The topological polar surface area (TPSA) is 26.0 Å². The van der Waals surface area contributed by atoms with Crippen molar-refractivity contribution in [2.45, 2.75) is 25.9 Å². The molecule has 0 atom stereocenters. The molecule has 1 nitrogen and oxygen atoms in total. The van der Waals surface area contributed by atoms with Gasteiger partial charge < -0.3 is 5.73 Å². The zero-order chi connectivity index (χ0) is 10.8. The van der Waals surface area contributed by atoms with Gasteiger partial charge in [0.1, 0.15) is 0 Å². The molecule has 2 N–H and O–H groups in total. The molecule has 0 saturated carbocycles. The molecule has 0 aliphatic rings. The second-order valence-corrected chi connectivity index (χ2v) is 3.17. The van der Waals surface area contributed by atoms with Crippen molar-refractivity contribution in [3.8, 4) is 0 Å². The first-order valence-electron chi connectivity index (χ1n) is 4.36.